The van der Waals surface area contributed by atoms with E-state index in [1.165, 1.54) is 0 Å². The molecule has 0 spiro atoms. The van der Waals surface area contributed by atoms with E-state index in [1.54, 1.807) is 11.9 Å². The Balaban J connectivity index is 2.77. The summed E-state index contributed by atoms with van der Waals surface area (Å²) in [5.74, 6) is 0.0794. The molecule has 1 rings (SSSR count). The summed E-state index contributed by atoms with van der Waals surface area (Å²) in [7, 11) is 3.62. The highest BCUT2D eigenvalue weighted by Gasteiger charge is 2.28. The van der Waals surface area contributed by atoms with Crippen molar-refractivity contribution in [3.05, 3.63) is 34.3 Å². The molecule has 3 nitrogen and oxygen atoms in total. The fourth-order valence-electron chi connectivity index (χ4n) is 1.54. The summed E-state index contributed by atoms with van der Waals surface area (Å²) in [6.07, 6.45) is 0. The Labute approximate surface area is 111 Å². The van der Waals surface area contributed by atoms with Crippen LogP contribution in [0.3, 0.4) is 0 Å². The predicted molar refractivity (Wildman–Crippen MR) is 73.8 cm³/mol. The van der Waals surface area contributed by atoms with Crippen molar-refractivity contribution in [3.8, 4) is 0 Å². The molecule has 0 aliphatic rings. The van der Waals surface area contributed by atoms with E-state index in [2.05, 4.69) is 21.2 Å². The fraction of sp³-hybridized carbons (Fsp3) is 0.462. The third kappa shape index (κ3) is 3.54. The third-order valence-corrected chi connectivity index (χ3v) is 3.65. The van der Waals surface area contributed by atoms with Gasteiger partial charge in [-0.2, -0.15) is 0 Å². The molecule has 0 bridgehead atoms. The molecule has 0 aromatic heterocycles. The van der Waals surface area contributed by atoms with Gasteiger partial charge in [0.15, 0.2) is 0 Å². The summed E-state index contributed by atoms with van der Waals surface area (Å²) in [5.41, 5.74) is 0.575. The van der Waals surface area contributed by atoms with E-state index in [9.17, 15) is 4.79 Å². The van der Waals surface area contributed by atoms with Crippen molar-refractivity contribution in [1.29, 1.82) is 0 Å². The van der Waals surface area contributed by atoms with Gasteiger partial charge in [-0.1, -0.05) is 34.1 Å². The van der Waals surface area contributed by atoms with E-state index < -0.39 is 5.54 Å². The molecule has 0 fully saturated rings. The van der Waals surface area contributed by atoms with Gasteiger partial charge in [-0.15, -0.1) is 0 Å². The zero-order valence-corrected chi connectivity index (χ0v) is 12.3. The van der Waals surface area contributed by atoms with Gasteiger partial charge in [-0.3, -0.25) is 4.79 Å². The first-order valence-corrected chi connectivity index (χ1v) is 6.35. The summed E-state index contributed by atoms with van der Waals surface area (Å²) in [6, 6.07) is 7.94. The molecular weight excluding hydrogens is 280 g/mol. The lowest BCUT2D eigenvalue weighted by atomic mass is 10.0. The fourth-order valence-corrected chi connectivity index (χ4v) is 1.95. The minimum atomic E-state index is -0.532. The zero-order chi connectivity index (χ0) is 13.1. The molecule has 0 atom stereocenters. The Hall–Kier alpha value is -0.870. The number of likely N-dealkylation sites (N-methyl/N-ethyl adjacent to an activating group) is 2. The normalized spacial score (nSPS) is 11.4. The number of nitrogens with zero attached hydrogens (tertiary/aromatic N) is 1. The van der Waals surface area contributed by atoms with Crippen molar-refractivity contribution in [2.24, 2.45) is 0 Å². The Morgan fingerprint density at radius 2 is 2.00 bits per heavy atom. The molecule has 1 aromatic carbocycles. The average Bonchev–Trinajstić information content (AvgIpc) is 2.31. The van der Waals surface area contributed by atoms with Crippen molar-refractivity contribution >= 4 is 21.8 Å². The van der Waals surface area contributed by atoms with Crippen LogP contribution in [0.1, 0.15) is 19.4 Å². The van der Waals surface area contributed by atoms with Crippen molar-refractivity contribution < 1.29 is 4.79 Å². The molecule has 0 aliphatic heterocycles. The van der Waals surface area contributed by atoms with Crippen LogP contribution in [0.4, 0.5) is 0 Å². The summed E-state index contributed by atoms with van der Waals surface area (Å²) in [4.78, 5) is 13.9. The Bertz CT molecular complexity index is 404. The van der Waals surface area contributed by atoms with Crippen LogP contribution in [0.25, 0.3) is 0 Å². The Kier molecular flexibility index (Phi) is 4.71. The third-order valence-electron chi connectivity index (χ3n) is 2.87. The van der Waals surface area contributed by atoms with E-state index >= 15 is 0 Å². The van der Waals surface area contributed by atoms with Crippen molar-refractivity contribution in [2.45, 2.75) is 25.9 Å². The lowest BCUT2D eigenvalue weighted by Crippen LogP contribution is -2.51. The number of amides is 1. The second-order valence-corrected chi connectivity index (χ2v) is 5.48. The molecule has 17 heavy (non-hydrogen) atoms. The SMILES string of the molecule is CNC(C)(C)C(=O)N(C)Cc1ccccc1Br. The molecule has 1 N–H and O–H groups in total. The molecule has 1 aromatic rings. The summed E-state index contributed by atoms with van der Waals surface area (Å²) in [6.45, 7) is 4.36. The molecule has 94 valence electrons. The van der Waals surface area contributed by atoms with Crippen molar-refractivity contribution in [1.82, 2.24) is 10.2 Å². The topological polar surface area (TPSA) is 32.3 Å². The Morgan fingerprint density at radius 3 is 2.53 bits per heavy atom. The maximum atomic E-state index is 12.2. The minimum absolute atomic E-state index is 0.0794. The van der Waals surface area contributed by atoms with Crippen molar-refractivity contribution in [3.63, 3.8) is 0 Å². The first-order valence-electron chi connectivity index (χ1n) is 5.56. The molecule has 0 saturated heterocycles. The summed E-state index contributed by atoms with van der Waals surface area (Å²) < 4.78 is 1.03. The predicted octanol–water partition coefficient (Wildman–Crippen LogP) is 2.41. The number of carbonyl (C=O) groups is 1. The lowest BCUT2D eigenvalue weighted by Gasteiger charge is -2.29. The molecule has 1 amide bonds. The number of hydrogen-bond acceptors (Lipinski definition) is 2. The highest BCUT2D eigenvalue weighted by Crippen LogP contribution is 2.18. The number of carbonyl (C=O) groups excluding carboxylic acids is 1. The van der Waals surface area contributed by atoms with Crippen LogP contribution in [0.2, 0.25) is 0 Å². The first-order chi connectivity index (χ1) is 7.88. The maximum Gasteiger partial charge on any atom is 0.242 e. The number of nitrogens with one attached hydrogen (secondary N) is 1. The highest BCUT2D eigenvalue weighted by atomic mass is 79.9. The number of rotatable bonds is 4. The number of hydrogen-bond donors (Lipinski definition) is 1. The van der Waals surface area contributed by atoms with Crippen LogP contribution in [-0.4, -0.2) is 30.4 Å². The van der Waals surface area contributed by atoms with Crippen LogP contribution in [0, 0.1) is 0 Å². The number of halogens is 1. The van der Waals surface area contributed by atoms with Gasteiger partial charge >= 0.3 is 0 Å². The quantitative estimate of drug-likeness (QED) is 0.926. The summed E-state index contributed by atoms with van der Waals surface area (Å²) in [5, 5.41) is 3.02. The monoisotopic (exact) mass is 298 g/mol. The molecule has 4 heteroatoms. The zero-order valence-electron chi connectivity index (χ0n) is 10.7. The molecule has 0 unspecified atom stereocenters. The first kappa shape index (κ1) is 14.2. The molecular formula is C13H19BrN2O. The van der Waals surface area contributed by atoms with Crippen LogP contribution >= 0.6 is 15.9 Å². The van der Waals surface area contributed by atoms with Gasteiger partial charge in [0.1, 0.15) is 0 Å². The number of benzene rings is 1. The van der Waals surface area contributed by atoms with E-state index in [0.29, 0.717) is 6.54 Å². The Morgan fingerprint density at radius 1 is 1.41 bits per heavy atom. The van der Waals surface area contributed by atoms with Crippen molar-refractivity contribution in [2.75, 3.05) is 14.1 Å². The highest BCUT2D eigenvalue weighted by molar-refractivity contribution is 9.10. The van der Waals surface area contributed by atoms with Gasteiger partial charge < -0.3 is 10.2 Å². The van der Waals surface area contributed by atoms with E-state index in [0.717, 1.165) is 10.0 Å². The molecule has 0 aliphatic carbocycles. The maximum absolute atomic E-state index is 12.2. The standard InChI is InChI=1S/C13H19BrN2O/c1-13(2,15-3)12(17)16(4)9-10-7-5-6-8-11(10)14/h5-8,15H,9H2,1-4H3. The average molecular weight is 299 g/mol. The molecule has 0 saturated carbocycles. The minimum Gasteiger partial charge on any atom is -0.340 e. The van der Waals surface area contributed by atoms with Gasteiger partial charge in [0, 0.05) is 18.1 Å². The van der Waals surface area contributed by atoms with E-state index in [1.807, 2.05) is 45.2 Å². The van der Waals surface area contributed by atoms with Gasteiger partial charge in [-0.05, 0) is 32.5 Å². The van der Waals surface area contributed by atoms with E-state index in [4.69, 9.17) is 0 Å². The van der Waals surface area contributed by atoms with Crippen LogP contribution in [0.5, 0.6) is 0 Å². The molecule has 0 radical (unpaired) electrons. The second kappa shape index (κ2) is 5.65. The van der Waals surface area contributed by atoms with Crippen LogP contribution in [-0.2, 0) is 11.3 Å². The smallest absolute Gasteiger partial charge is 0.242 e. The van der Waals surface area contributed by atoms with Gasteiger partial charge in [0.25, 0.3) is 0 Å². The van der Waals surface area contributed by atoms with Gasteiger partial charge in [0.2, 0.25) is 5.91 Å². The van der Waals surface area contributed by atoms with Crippen LogP contribution in [0.15, 0.2) is 28.7 Å². The van der Waals surface area contributed by atoms with Crippen LogP contribution < -0.4 is 5.32 Å². The molecule has 0 heterocycles. The van der Waals surface area contributed by atoms with E-state index in [-0.39, 0.29) is 5.91 Å². The lowest BCUT2D eigenvalue weighted by molar-refractivity contribution is -0.136. The van der Waals surface area contributed by atoms with Gasteiger partial charge in [0.05, 0.1) is 5.54 Å². The van der Waals surface area contributed by atoms with Gasteiger partial charge in [-0.25, -0.2) is 0 Å². The second-order valence-electron chi connectivity index (χ2n) is 4.63. The largest absolute Gasteiger partial charge is 0.340 e. The summed E-state index contributed by atoms with van der Waals surface area (Å²) >= 11 is 3.49.